The Morgan fingerprint density at radius 2 is 1.97 bits per heavy atom. The predicted molar refractivity (Wildman–Crippen MR) is 126 cm³/mol. The summed E-state index contributed by atoms with van der Waals surface area (Å²) in [7, 11) is 0.409. The van der Waals surface area contributed by atoms with Crippen molar-refractivity contribution in [2.45, 2.75) is 84.3 Å². The van der Waals surface area contributed by atoms with Gasteiger partial charge >= 0.3 is 6.09 Å². The van der Waals surface area contributed by atoms with Gasteiger partial charge in [0.15, 0.2) is 0 Å². The number of ether oxygens (including phenoxy) is 3. The molecule has 1 saturated heterocycles. The number of imidazole rings is 1. The third-order valence-corrected chi connectivity index (χ3v) is 6.86. The molecule has 1 fully saturated rings. The molecule has 1 aliphatic rings. The zero-order valence-electron chi connectivity index (χ0n) is 20.9. The number of amides is 2. The number of hydrogen-bond donors (Lipinski definition) is 1. The van der Waals surface area contributed by atoms with Crippen molar-refractivity contribution in [3.05, 3.63) is 17.7 Å². The van der Waals surface area contributed by atoms with Crippen molar-refractivity contribution in [2.75, 3.05) is 26.8 Å². The molecule has 32 heavy (non-hydrogen) atoms. The molecular formula is C22H40N4O5Si. The molecule has 2 rings (SSSR count). The molecule has 1 aromatic heterocycles. The third kappa shape index (κ3) is 8.21. The maximum Gasteiger partial charge on any atom is 0.410 e. The van der Waals surface area contributed by atoms with Gasteiger partial charge in [-0.2, -0.15) is 0 Å². The van der Waals surface area contributed by atoms with Crippen LogP contribution in [-0.4, -0.2) is 79.1 Å². The van der Waals surface area contributed by atoms with Gasteiger partial charge < -0.3 is 29.0 Å². The first kappa shape index (κ1) is 26.3. The van der Waals surface area contributed by atoms with Crippen LogP contribution in [0.5, 0.6) is 0 Å². The first-order valence-electron chi connectivity index (χ1n) is 11.2. The van der Waals surface area contributed by atoms with Gasteiger partial charge in [0.25, 0.3) is 5.91 Å². The van der Waals surface area contributed by atoms with Crippen LogP contribution in [0.4, 0.5) is 4.79 Å². The fraction of sp³-hybridized carbons (Fsp3) is 0.773. The summed E-state index contributed by atoms with van der Waals surface area (Å²) in [5.74, 6) is 0.0459. The second kappa shape index (κ2) is 10.8. The number of rotatable bonds is 8. The average Bonchev–Trinajstić information content (AvgIpc) is 3.04. The van der Waals surface area contributed by atoms with E-state index in [1.165, 1.54) is 0 Å². The van der Waals surface area contributed by atoms with Gasteiger partial charge in [-0.05, 0) is 40.2 Å². The summed E-state index contributed by atoms with van der Waals surface area (Å²) in [6, 6.07) is 0.831. The van der Waals surface area contributed by atoms with Gasteiger partial charge in [0, 0.05) is 34.5 Å². The highest BCUT2D eigenvalue weighted by molar-refractivity contribution is 6.76. The first-order chi connectivity index (χ1) is 14.8. The van der Waals surface area contributed by atoms with Crippen molar-refractivity contribution in [3.8, 4) is 0 Å². The summed E-state index contributed by atoms with van der Waals surface area (Å²) in [6.07, 6.45) is 1.68. The van der Waals surface area contributed by atoms with Crippen molar-refractivity contribution in [1.29, 1.82) is 0 Å². The van der Waals surface area contributed by atoms with E-state index in [0.29, 0.717) is 38.7 Å². The van der Waals surface area contributed by atoms with E-state index < -0.39 is 13.7 Å². The van der Waals surface area contributed by atoms with E-state index in [1.54, 1.807) is 16.6 Å². The maximum atomic E-state index is 13.0. The number of piperidine rings is 1. The monoisotopic (exact) mass is 468 g/mol. The van der Waals surface area contributed by atoms with E-state index in [9.17, 15) is 9.59 Å². The molecule has 2 heterocycles. The van der Waals surface area contributed by atoms with Gasteiger partial charge in [-0.15, -0.1) is 0 Å². The highest BCUT2D eigenvalue weighted by atomic mass is 28.3. The number of likely N-dealkylation sites (tertiary alicyclic amines) is 1. The molecule has 0 aliphatic carbocycles. The number of aryl methyl sites for hydroxylation is 1. The fourth-order valence-corrected chi connectivity index (χ4v) is 4.17. The van der Waals surface area contributed by atoms with Gasteiger partial charge in [-0.1, -0.05) is 19.6 Å². The van der Waals surface area contributed by atoms with E-state index in [1.807, 2.05) is 33.9 Å². The third-order valence-electron chi connectivity index (χ3n) is 5.16. The molecule has 2 amide bonds. The Bertz CT molecular complexity index is 784. The van der Waals surface area contributed by atoms with Crippen molar-refractivity contribution in [3.63, 3.8) is 0 Å². The van der Waals surface area contributed by atoms with Crippen LogP contribution in [-0.2, 0) is 20.9 Å². The van der Waals surface area contributed by atoms with Crippen molar-refractivity contribution in [1.82, 2.24) is 19.8 Å². The second-order valence-corrected chi connectivity index (χ2v) is 16.2. The number of carbonyl (C=O) groups is 2. The van der Waals surface area contributed by atoms with Crippen LogP contribution in [0.15, 0.2) is 6.20 Å². The molecule has 182 valence electrons. The normalized spacial score (nSPS) is 19.7. The summed E-state index contributed by atoms with van der Waals surface area (Å²) >= 11 is 0. The quantitative estimate of drug-likeness (QED) is 0.465. The largest absolute Gasteiger partial charge is 0.444 e. The van der Waals surface area contributed by atoms with Crippen LogP contribution in [0.3, 0.4) is 0 Å². The lowest BCUT2D eigenvalue weighted by molar-refractivity contribution is -0.0173. The lowest BCUT2D eigenvalue weighted by Gasteiger charge is -2.38. The Labute approximate surface area is 192 Å². The van der Waals surface area contributed by atoms with Gasteiger partial charge in [0.05, 0.1) is 24.4 Å². The van der Waals surface area contributed by atoms with Gasteiger partial charge in [-0.3, -0.25) is 4.79 Å². The lowest BCUT2D eigenvalue weighted by Crippen LogP contribution is -2.56. The average molecular weight is 469 g/mol. The fourth-order valence-electron chi connectivity index (χ4n) is 3.41. The highest BCUT2D eigenvalue weighted by Crippen LogP contribution is 2.18. The topological polar surface area (TPSA) is 94.9 Å². The standard InChI is InChI=1S/C22H40N4O5Si/c1-16-13-26(15-30-11-12-32(6,7)8)19(23-16)20(27)24-17-9-10-25(14-18(17)29-5)21(28)31-22(2,3)4/h13,17-18H,9-12,14-15H2,1-8H3,(H,24,27)/t17-,18+/m0/s1. The minimum atomic E-state index is -1.17. The molecule has 0 saturated carbocycles. The van der Waals surface area contributed by atoms with Crippen molar-refractivity contribution in [2.24, 2.45) is 0 Å². The first-order valence-corrected chi connectivity index (χ1v) is 14.9. The lowest BCUT2D eigenvalue weighted by atomic mass is 10.0. The van der Waals surface area contributed by atoms with Gasteiger partial charge in [0.2, 0.25) is 5.82 Å². The van der Waals surface area contributed by atoms with Crippen LogP contribution in [0.25, 0.3) is 0 Å². The minimum absolute atomic E-state index is 0.232. The van der Waals surface area contributed by atoms with Crippen LogP contribution in [0.2, 0.25) is 25.7 Å². The van der Waals surface area contributed by atoms with Crippen LogP contribution >= 0.6 is 0 Å². The molecule has 2 atom stereocenters. The summed E-state index contributed by atoms with van der Waals surface area (Å²) in [4.78, 5) is 31.4. The second-order valence-electron chi connectivity index (χ2n) is 10.6. The highest BCUT2D eigenvalue weighted by Gasteiger charge is 2.35. The molecule has 0 bridgehead atoms. The molecule has 0 spiro atoms. The molecular weight excluding hydrogens is 428 g/mol. The molecule has 1 N–H and O–H groups in total. The molecule has 0 aromatic carbocycles. The molecule has 1 aliphatic heterocycles. The van der Waals surface area contributed by atoms with Gasteiger partial charge in [0.1, 0.15) is 12.3 Å². The summed E-state index contributed by atoms with van der Waals surface area (Å²) in [5.41, 5.74) is 0.198. The SMILES string of the molecule is CO[C@@H]1CN(C(=O)OC(C)(C)C)CC[C@@H]1NC(=O)c1nc(C)cn1COCC[Si](C)(C)C. The molecule has 10 heteroatoms. The number of carbonyl (C=O) groups excluding carboxylic acids is 2. The van der Waals surface area contributed by atoms with Crippen molar-refractivity contribution < 1.29 is 23.8 Å². The Kier molecular flexibility index (Phi) is 8.89. The zero-order valence-corrected chi connectivity index (χ0v) is 21.9. The number of aromatic nitrogens is 2. The Balaban J connectivity index is 1.97. The Morgan fingerprint density at radius 3 is 2.56 bits per heavy atom. The number of nitrogens with zero attached hydrogens (tertiary/aromatic N) is 3. The molecule has 0 radical (unpaired) electrons. The number of nitrogens with one attached hydrogen (secondary N) is 1. The predicted octanol–water partition coefficient (Wildman–Crippen LogP) is 3.26. The van der Waals surface area contributed by atoms with E-state index in [4.69, 9.17) is 14.2 Å². The minimum Gasteiger partial charge on any atom is -0.444 e. The van der Waals surface area contributed by atoms with Crippen LogP contribution in [0, 0.1) is 6.92 Å². The Morgan fingerprint density at radius 1 is 1.28 bits per heavy atom. The number of hydrogen-bond acceptors (Lipinski definition) is 6. The Hall–Kier alpha value is -1.91. The van der Waals surface area contributed by atoms with Crippen molar-refractivity contribution >= 4 is 20.1 Å². The van der Waals surface area contributed by atoms with Crippen LogP contribution in [0.1, 0.15) is 43.5 Å². The molecule has 1 aromatic rings. The molecule has 0 unspecified atom stereocenters. The van der Waals surface area contributed by atoms with Gasteiger partial charge in [-0.25, -0.2) is 9.78 Å². The van der Waals surface area contributed by atoms with E-state index >= 15 is 0 Å². The molecule has 9 nitrogen and oxygen atoms in total. The van der Waals surface area contributed by atoms with E-state index in [2.05, 4.69) is 29.9 Å². The summed E-state index contributed by atoms with van der Waals surface area (Å²) < 4.78 is 18.6. The maximum absolute atomic E-state index is 13.0. The summed E-state index contributed by atoms with van der Waals surface area (Å²) in [5, 5.41) is 3.04. The van der Waals surface area contributed by atoms with Crippen LogP contribution < -0.4 is 5.32 Å². The zero-order chi connectivity index (χ0) is 24.1. The summed E-state index contributed by atoms with van der Waals surface area (Å²) in [6.45, 7) is 16.1. The van der Waals surface area contributed by atoms with E-state index in [0.717, 1.165) is 11.7 Å². The smallest absolute Gasteiger partial charge is 0.410 e. The number of methoxy groups -OCH3 is 1. The van der Waals surface area contributed by atoms with E-state index in [-0.39, 0.29) is 24.1 Å².